The first kappa shape index (κ1) is 21.4. The zero-order valence-corrected chi connectivity index (χ0v) is 18.2. The maximum Gasteiger partial charge on any atom is 0.325 e. The fourth-order valence-corrected chi connectivity index (χ4v) is 3.55. The van der Waals surface area contributed by atoms with Gasteiger partial charge in [-0.15, -0.1) is 5.10 Å². The number of rotatable bonds is 8. The van der Waals surface area contributed by atoms with E-state index >= 15 is 0 Å². The lowest BCUT2D eigenvalue weighted by molar-refractivity contribution is 0.245. The lowest BCUT2D eigenvalue weighted by Gasteiger charge is -2.24. The number of benzene rings is 1. The number of aromatic nitrogens is 3. The third-order valence-electron chi connectivity index (χ3n) is 5.28. The predicted octanol–water partition coefficient (Wildman–Crippen LogP) is 5.28. The highest BCUT2D eigenvalue weighted by Crippen LogP contribution is 2.30. The van der Waals surface area contributed by atoms with Crippen molar-refractivity contribution in [2.24, 2.45) is 0 Å². The summed E-state index contributed by atoms with van der Waals surface area (Å²) in [5.74, 6) is 1.05. The highest BCUT2D eigenvalue weighted by atomic mass is 19.1. The van der Waals surface area contributed by atoms with Crippen molar-refractivity contribution in [1.82, 2.24) is 15.2 Å². The molecule has 8 nitrogen and oxygen atoms in total. The number of pyridine rings is 1. The van der Waals surface area contributed by atoms with Crippen LogP contribution in [0.5, 0.6) is 0 Å². The van der Waals surface area contributed by atoms with Crippen molar-refractivity contribution in [3.05, 3.63) is 102 Å². The van der Waals surface area contributed by atoms with E-state index < -0.39 is 0 Å². The van der Waals surface area contributed by atoms with Gasteiger partial charge in [0.2, 0.25) is 5.88 Å². The summed E-state index contributed by atoms with van der Waals surface area (Å²) in [4.78, 5) is 6.19. The summed E-state index contributed by atoms with van der Waals surface area (Å²) in [6.45, 7) is 0.973. The molecule has 0 saturated carbocycles. The second-order valence-corrected chi connectivity index (χ2v) is 7.63. The van der Waals surface area contributed by atoms with E-state index in [1.54, 1.807) is 29.3 Å². The molecule has 0 spiro atoms. The molecule has 1 aliphatic carbocycles. The molecule has 3 aromatic rings. The molecule has 0 bridgehead atoms. The Morgan fingerprint density at radius 1 is 1.09 bits per heavy atom. The minimum absolute atomic E-state index is 0.268. The van der Waals surface area contributed by atoms with E-state index in [-0.39, 0.29) is 11.8 Å². The lowest BCUT2D eigenvalue weighted by Crippen LogP contribution is -2.27. The van der Waals surface area contributed by atoms with Gasteiger partial charge in [-0.1, -0.05) is 35.5 Å². The Kier molecular flexibility index (Phi) is 6.33. The molecule has 0 fully saturated rings. The van der Waals surface area contributed by atoms with Crippen molar-refractivity contribution in [1.29, 1.82) is 0 Å². The molecule has 2 aromatic heterocycles. The van der Waals surface area contributed by atoms with Gasteiger partial charge in [0, 0.05) is 12.7 Å². The number of hydrogen-bond acceptors (Lipinski definition) is 8. The second kappa shape index (κ2) is 10.0. The van der Waals surface area contributed by atoms with Crippen LogP contribution in [0.3, 0.4) is 0 Å². The molecule has 1 aromatic carbocycles. The normalized spacial score (nSPS) is 14.6. The van der Waals surface area contributed by atoms with E-state index in [9.17, 15) is 4.39 Å². The minimum atomic E-state index is -0.275. The van der Waals surface area contributed by atoms with Crippen molar-refractivity contribution in [2.75, 3.05) is 16.8 Å². The molecule has 0 radical (unpaired) electrons. The third-order valence-corrected chi connectivity index (χ3v) is 5.28. The zero-order chi connectivity index (χ0) is 23.2. The smallest absolute Gasteiger partial charge is 0.325 e. The predicted molar refractivity (Wildman–Crippen MR) is 124 cm³/mol. The molecule has 0 amide bonds. The number of ether oxygens (including phenoxy) is 2. The van der Waals surface area contributed by atoms with Gasteiger partial charge < -0.3 is 19.2 Å². The number of nitrogens with one attached hydrogen (secondary N) is 1. The Morgan fingerprint density at radius 3 is 2.79 bits per heavy atom. The average Bonchev–Trinajstić information content (AvgIpc) is 3.38. The van der Waals surface area contributed by atoms with Crippen LogP contribution < -0.4 is 10.2 Å². The van der Waals surface area contributed by atoms with E-state index in [1.165, 1.54) is 36.5 Å². The molecule has 5 rings (SSSR count). The fraction of sp³-hybridized carbons (Fsp3) is 0.160. The lowest BCUT2D eigenvalue weighted by atomic mass is 10.1. The summed E-state index contributed by atoms with van der Waals surface area (Å²) in [7, 11) is 0. The molecule has 0 atom stereocenters. The van der Waals surface area contributed by atoms with E-state index in [2.05, 4.69) is 32.7 Å². The topological polar surface area (TPSA) is 85.5 Å². The Bertz CT molecular complexity index is 1260. The summed E-state index contributed by atoms with van der Waals surface area (Å²) >= 11 is 0. The van der Waals surface area contributed by atoms with Gasteiger partial charge in [-0.25, -0.2) is 9.37 Å². The van der Waals surface area contributed by atoms with Crippen LogP contribution >= 0.6 is 0 Å². The van der Waals surface area contributed by atoms with E-state index in [4.69, 9.17) is 13.9 Å². The number of hydrogen-bond donors (Lipinski definition) is 1. The van der Waals surface area contributed by atoms with Gasteiger partial charge in [0.15, 0.2) is 6.26 Å². The number of halogens is 1. The average molecular weight is 459 g/mol. The van der Waals surface area contributed by atoms with Crippen LogP contribution in [0.15, 0.2) is 95.5 Å². The van der Waals surface area contributed by atoms with Crippen LogP contribution in [0.2, 0.25) is 0 Å². The summed E-state index contributed by atoms with van der Waals surface area (Å²) in [5, 5.41) is 11.8. The van der Waals surface area contributed by atoms with Crippen molar-refractivity contribution in [3.63, 3.8) is 0 Å². The van der Waals surface area contributed by atoms with Crippen molar-refractivity contribution < 1.29 is 18.3 Å². The Balaban J connectivity index is 1.39. The van der Waals surface area contributed by atoms with Gasteiger partial charge in [-0.2, -0.15) is 0 Å². The van der Waals surface area contributed by atoms with Crippen molar-refractivity contribution in [2.45, 2.75) is 19.4 Å². The van der Waals surface area contributed by atoms with Crippen LogP contribution in [-0.2, 0) is 16.0 Å². The summed E-state index contributed by atoms with van der Waals surface area (Å²) in [6, 6.07) is 10.2. The number of anilines is 2. The Labute approximate surface area is 195 Å². The largest absolute Gasteiger partial charge is 0.464 e. The quantitative estimate of drug-likeness (QED) is 0.487. The Hall–Kier alpha value is -4.40. The van der Waals surface area contributed by atoms with Crippen LogP contribution in [0.1, 0.15) is 18.4 Å². The second-order valence-electron chi connectivity index (χ2n) is 7.63. The highest BCUT2D eigenvalue weighted by molar-refractivity contribution is 5.69. The first-order valence-corrected chi connectivity index (χ1v) is 10.8. The Morgan fingerprint density at radius 2 is 2.00 bits per heavy atom. The molecule has 9 heteroatoms. The molecule has 172 valence electrons. The first-order valence-electron chi connectivity index (χ1n) is 10.8. The maximum atomic E-state index is 13.2. The fourth-order valence-electron chi connectivity index (χ4n) is 3.55. The first-order chi connectivity index (χ1) is 16.8. The molecule has 0 unspecified atom stereocenters. The maximum absolute atomic E-state index is 13.2. The van der Waals surface area contributed by atoms with Crippen molar-refractivity contribution in [3.8, 4) is 11.5 Å². The number of allylic oxidation sites excluding steroid dienone is 3. The number of nitrogens with zero attached hydrogens (tertiary/aromatic N) is 4. The van der Waals surface area contributed by atoms with Gasteiger partial charge in [0.25, 0.3) is 5.89 Å². The summed E-state index contributed by atoms with van der Waals surface area (Å²) in [6.07, 6.45) is 14.2. The van der Waals surface area contributed by atoms with Crippen LogP contribution in [0.4, 0.5) is 16.2 Å². The van der Waals surface area contributed by atoms with E-state index in [0.717, 1.165) is 18.4 Å². The molecule has 1 N–H and O–H groups in total. The monoisotopic (exact) mass is 459 g/mol. The molecular weight excluding hydrogens is 437 g/mol. The standard InChI is InChI=1S/C25H22FN5O3/c26-20-10-8-18(9-11-20)15-28-23-21(7-4-12-27-23)24-29-30-25(34-24)31(22-17-32-13-14-33-22)16-19-5-2-1-3-6-19/h1-2,4-5,7-14,17H,3,6,15-16H2,(H,27,28). The van der Waals surface area contributed by atoms with Gasteiger partial charge in [-0.05, 0) is 48.2 Å². The zero-order valence-electron chi connectivity index (χ0n) is 18.2. The molecular formula is C25H22FN5O3. The minimum Gasteiger partial charge on any atom is -0.464 e. The summed E-state index contributed by atoms with van der Waals surface area (Å²) in [5.41, 5.74) is 2.77. The third kappa shape index (κ3) is 4.98. The molecule has 3 heterocycles. The summed E-state index contributed by atoms with van der Waals surface area (Å²) < 4.78 is 30.2. The van der Waals surface area contributed by atoms with Gasteiger partial charge in [0.05, 0.1) is 12.1 Å². The van der Waals surface area contributed by atoms with Crippen LogP contribution in [0.25, 0.3) is 11.5 Å². The molecule has 0 saturated heterocycles. The van der Waals surface area contributed by atoms with Crippen LogP contribution in [0, 0.1) is 5.82 Å². The van der Waals surface area contributed by atoms with E-state index in [0.29, 0.717) is 36.2 Å². The van der Waals surface area contributed by atoms with Gasteiger partial charge >= 0.3 is 6.01 Å². The van der Waals surface area contributed by atoms with Crippen molar-refractivity contribution >= 4 is 11.8 Å². The molecule has 34 heavy (non-hydrogen) atoms. The van der Waals surface area contributed by atoms with Gasteiger partial charge in [-0.3, -0.25) is 4.90 Å². The SMILES string of the molecule is Fc1ccc(CNc2ncccc2-c2nnc(N(CC3=CC=CCC3)C3=COC=CO3)o2)cc1. The molecule has 1 aliphatic heterocycles. The van der Waals surface area contributed by atoms with Gasteiger partial charge in [0.1, 0.15) is 24.2 Å². The highest BCUT2D eigenvalue weighted by Gasteiger charge is 2.24. The van der Waals surface area contributed by atoms with Crippen LogP contribution in [-0.4, -0.2) is 21.7 Å². The molecule has 2 aliphatic rings. The van der Waals surface area contributed by atoms with E-state index in [1.807, 2.05) is 12.1 Å².